The van der Waals surface area contributed by atoms with E-state index in [4.69, 9.17) is 9.47 Å². The molecule has 0 radical (unpaired) electrons. The zero-order valence-electron chi connectivity index (χ0n) is 20.0. The van der Waals surface area contributed by atoms with E-state index < -0.39 is 17.6 Å². The smallest absolute Gasteiger partial charge is 0.328 e. The molecule has 0 bridgehead atoms. The van der Waals surface area contributed by atoms with Crippen molar-refractivity contribution < 1.29 is 19.1 Å². The first-order chi connectivity index (χ1) is 14.8. The van der Waals surface area contributed by atoms with Crippen molar-refractivity contribution in [2.75, 3.05) is 13.2 Å². The molecule has 0 fully saturated rings. The molecule has 2 unspecified atom stereocenters. The molecule has 0 saturated heterocycles. The highest BCUT2D eigenvalue weighted by molar-refractivity contribution is 5.87. The van der Waals surface area contributed by atoms with Crippen molar-refractivity contribution in [1.29, 1.82) is 0 Å². The third kappa shape index (κ3) is 11.9. The van der Waals surface area contributed by atoms with Crippen molar-refractivity contribution in [2.24, 2.45) is 0 Å². The van der Waals surface area contributed by atoms with Crippen LogP contribution < -0.4 is 10.6 Å². The number of rotatable bonds is 16. The first-order valence-electron chi connectivity index (χ1n) is 11.7. The molecule has 0 aliphatic carbocycles. The lowest BCUT2D eigenvalue weighted by Crippen LogP contribution is -2.51. The predicted octanol–water partition coefficient (Wildman–Crippen LogP) is 4.37. The van der Waals surface area contributed by atoms with E-state index in [1.54, 1.807) is 6.92 Å². The third-order valence-electron chi connectivity index (χ3n) is 4.98. The Morgan fingerprint density at radius 3 is 2.35 bits per heavy atom. The summed E-state index contributed by atoms with van der Waals surface area (Å²) in [6.45, 7) is 11.1. The van der Waals surface area contributed by atoms with E-state index in [9.17, 15) is 9.59 Å². The van der Waals surface area contributed by atoms with Crippen molar-refractivity contribution in [2.45, 2.75) is 97.4 Å². The van der Waals surface area contributed by atoms with E-state index >= 15 is 0 Å². The molecule has 2 atom stereocenters. The Labute approximate surface area is 188 Å². The van der Waals surface area contributed by atoms with Gasteiger partial charge in [-0.05, 0) is 45.7 Å². The molecule has 0 aliphatic rings. The normalized spacial score (nSPS) is 13.5. The van der Waals surface area contributed by atoms with Gasteiger partial charge in [0.2, 0.25) is 5.91 Å². The van der Waals surface area contributed by atoms with Gasteiger partial charge < -0.3 is 20.1 Å². The first-order valence-corrected chi connectivity index (χ1v) is 11.7. The molecule has 0 saturated carbocycles. The number of ether oxygens (including phenoxy) is 2. The third-order valence-corrected chi connectivity index (χ3v) is 4.98. The molecule has 2 N–H and O–H groups in total. The zero-order valence-corrected chi connectivity index (χ0v) is 20.0. The molecular formula is C25H42N2O4. The van der Waals surface area contributed by atoms with Gasteiger partial charge in [0.1, 0.15) is 11.6 Å². The van der Waals surface area contributed by atoms with Gasteiger partial charge >= 0.3 is 5.97 Å². The Bertz CT molecular complexity index is 634. The lowest BCUT2D eigenvalue weighted by Gasteiger charge is -2.27. The number of carbonyl (C=O) groups excluding carboxylic acids is 2. The average molecular weight is 435 g/mol. The number of carbonyl (C=O) groups is 2. The summed E-state index contributed by atoms with van der Waals surface area (Å²) < 4.78 is 11.3. The molecule has 1 amide bonds. The van der Waals surface area contributed by atoms with Gasteiger partial charge in [0.25, 0.3) is 0 Å². The fourth-order valence-corrected chi connectivity index (χ4v) is 3.14. The van der Waals surface area contributed by atoms with Gasteiger partial charge in [-0.15, -0.1) is 0 Å². The van der Waals surface area contributed by atoms with Gasteiger partial charge in [-0.3, -0.25) is 4.79 Å². The summed E-state index contributed by atoms with van der Waals surface area (Å²) in [5.41, 5.74) is 0.278. The van der Waals surface area contributed by atoms with E-state index in [-0.39, 0.29) is 18.6 Å². The van der Waals surface area contributed by atoms with Crippen LogP contribution in [0.4, 0.5) is 0 Å². The number of hydrogen-bond donors (Lipinski definition) is 2. The van der Waals surface area contributed by atoms with E-state index in [1.165, 1.54) is 0 Å². The van der Waals surface area contributed by atoms with Crippen molar-refractivity contribution in [3.8, 4) is 0 Å². The fourth-order valence-electron chi connectivity index (χ4n) is 3.14. The molecule has 6 nitrogen and oxygen atoms in total. The van der Waals surface area contributed by atoms with Crippen LogP contribution in [0.2, 0.25) is 0 Å². The number of nitrogens with one attached hydrogen (secondary N) is 2. The molecule has 1 aromatic carbocycles. The Kier molecular flexibility index (Phi) is 13.1. The molecule has 0 aliphatic heterocycles. The van der Waals surface area contributed by atoms with Crippen LogP contribution >= 0.6 is 0 Å². The van der Waals surface area contributed by atoms with Gasteiger partial charge in [-0.25, -0.2) is 4.79 Å². The van der Waals surface area contributed by atoms with Crippen molar-refractivity contribution in [1.82, 2.24) is 10.6 Å². The van der Waals surface area contributed by atoms with Crippen LogP contribution in [-0.2, 0) is 25.7 Å². The van der Waals surface area contributed by atoms with Crippen LogP contribution in [0.5, 0.6) is 0 Å². The largest absolute Gasteiger partial charge is 0.456 e. The molecular weight excluding hydrogens is 392 g/mol. The highest BCUT2D eigenvalue weighted by Crippen LogP contribution is 2.13. The van der Waals surface area contributed by atoms with Gasteiger partial charge in [0.05, 0.1) is 19.3 Å². The second-order valence-electron chi connectivity index (χ2n) is 8.75. The summed E-state index contributed by atoms with van der Waals surface area (Å²) in [7, 11) is 0. The minimum Gasteiger partial charge on any atom is -0.456 e. The van der Waals surface area contributed by atoms with Crippen molar-refractivity contribution >= 4 is 11.9 Å². The SMILES string of the molecule is CCCCCNC(CCCC)C(=O)NC(C)C(=O)OC(C)(C)COCc1ccccc1. The van der Waals surface area contributed by atoms with Crippen LogP contribution in [0.25, 0.3) is 0 Å². The Hall–Kier alpha value is -1.92. The molecule has 0 aromatic heterocycles. The monoisotopic (exact) mass is 434 g/mol. The Morgan fingerprint density at radius 1 is 1.03 bits per heavy atom. The average Bonchev–Trinajstić information content (AvgIpc) is 2.73. The summed E-state index contributed by atoms with van der Waals surface area (Å²) in [4.78, 5) is 25.3. The maximum absolute atomic E-state index is 12.7. The summed E-state index contributed by atoms with van der Waals surface area (Å²) in [5.74, 6) is -0.602. The van der Waals surface area contributed by atoms with E-state index in [0.717, 1.165) is 50.6 Å². The lowest BCUT2D eigenvalue weighted by atomic mass is 10.1. The van der Waals surface area contributed by atoms with Gasteiger partial charge in [-0.1, -0.05) is 69.9 Å². The molecule has 0 spiro atoms. The van der Waals surface area contributed by atoms with Crippen LogP contribution in [0, 0.1) is 0 Å². The Balaban J connectivity index is 2.47. The molecule has 6 heteroatoms. The van der Waals surface area contributed by atoms with Gasteiger partial charge in [-0.2, -0.15) is 0 Å². The zero-order chi connectivity index (χ0) is 23.1. The maximum Gasteiger partial charge on any atom is 0.328 e. The standard InChI is InChI=1S/C25H42N2O4/c1-6-8-13-17-26-22(16-9-7-2)23(28)27-20(3)24(29)31-25(4,5)19-30-18-21-14-11-10-12-15-21/h10-12,14-15,20,22,26H,6-9,13,16-19H2,1-5H3,(H,27,28). The quantitative estimate of drug-likeness (QED) is 0.298. The Morgan fingerprint density at radius 2 is 1.71 bits per heavy atom. The number of benzene rings is 1. The van der Waals surface area contributed by atoms with Crippen LogP contribution in [0.15, 0.2) is 30.3 Å². The first kappa shape index (κ1) is 27.1. The minimum absolute atomic E-state index is 0.146. The van der Waals surface area contributed by atoms with Gasteiger partial charge in [0, 0.05) is 0 Å². The van der Waals surface area contributed by atoms with E-state index in [2.05, 4.69) is 24.5 Å². The van der Waals surface area contributed by atoms with E-state index in [1.807, 2.05) is 44.2 Å². The lowest BCUT2D eigenvalue weighted by molar-refractivity contribution is -0.165. The van der Waals surface area contributed by atoms with Crippen molar-refractivity contribution in [3.05, 3.63) is 35.9 Å². The fraction of sp³-hybridized carbons (Fsp3) is 0.680. The topological polar surface area (TPSA) is 76.7 Å². The van der Waals surface area contributed by atoms with Crippen LogP contribution in [0.3, 0.4) is 0 Å². The molecule has 176 valence electrons. The predicted molar refractivity (Wildman–Crippen MR) is 125 cm³/mol. The number of esters is 1. The summed E-state index contributed by atoms with van der Waals surface area (Å²) >= 11 is 0. The second kappa shape index (κ2) is 15.0. The summed E-state index contributed by atoms with van der Waals surface area (Å²) in [6, 6.07) is 8.85. The number of amides is 1. The maximum atomic E-state index is 12.7. The van der Waals surface area contributed by atoms with Crippen molar-refractivity contribution in [3.63, 3.8) is 0 Å². The van der Waals surface area contributed by atoms with Crippen LogP contribution in [-0.4, -0.2) is 42.7 Å². The minimum atomic E-state index is -0.787. The molecule has 0 heterocycles. The molecule has 1 aromatic rings. The summed E-state index contributed by atoms with van der Waals surface area (Å²) in [5, 5.41) is 6.16. The van der Waals surface area contributed by atoms with Crippen LogP contribution in [0.1, 0.15) is 78.7 Å². The van der Waals surface area contributed by atoms with E-state index in [0.29, 0.717) is 6.61 Å². The number of hydrogen-bond acceptors (Lipinski definition) is 5. The second-order valence-corrected chi connectivity index (χ2v) is 8.75. The highest BCUT2D eigenvalue weighted by atomic mass is 16.6. The summed E-state index contributed by atoms with van der Waals surface area (Å²) in [6.07, 6.45) is 6.06. The molecule has 1 rings (SSSR count). The number of unbranched alkanes of at least 4 members (excludes halogenated alkanes) is 3. The molecule has 31 heavy (non-hydrogen) atoms. The van der Waals surface area contributed by atoms with Gasteiger partial charge in [0.15, 0.2) is 0 Å². The highest BCUT2D eigenvalue weighted by Gasteiger charge is 2.28.